The van der Waals surface area contributed by atoms with Gasteiger partial charge in [-0.25, -0.2) is 4.79 Å². The number of carbonyl (C=O) groups excluding carboxylic acids is 4. The molecule has 0 aromatic heterocycles. The maximum Gasteiger partial charge on any atom is 0.329 e. The number of nitrogens with zero attached hydrogens (tertiary/aromatic N) is 1. The molecule has 2 aromatic carbocycles. The molecule has 0 saturated carbocycles. The Morgan fingerprint density at radius 3 is 2.00 bits per heavy atom. The van der Waals surface area contributed by atoms with Crippen molar-refractivity contribution in [1.82, 2.24) is 4.90 Å². The summed E-state index contributed by atoms with van der Waals surface area (Å²) in [5.41, 5.74) is 0.508. The lowest BCUT2D eigenvalue weighted by Gasteiger charge is -2.21. The molecular formula is C20H12BrCl5N2O5. The molecule has 1 heterocycles. The van der Waals surface area contributed by atoms with Gasteiger partial charge in [-0.1, -0.05) is 58.0 Å². The lowest BCUT2D eigenvalue weighted by molar-refractivity contribution is -0.150. The van der Waals surface area contributed by atoms with E-state index >= 15 is 0 Å². The molecule has 13 heteroatoms. The van der Waals surface area contributed by atoms with Crippen LogP contribution in [0.25, 0.3) is 0 Å². The zero-order valence-electron chi connectivity index (χ0n) is 16.7. The Morgan fingerprint density at radius 2 is 1.48 bits per heavy atom. The second-order valence-corrected chi connectivity index (χ2v) is 9.60. The van der Waals surface area contributed by atoms with E-state index in [4.69, 9.17) is 62.7 Å². The number of ether oxygens (including phenoxy) is 1. The Morgan fingerprint density at radius 1 is 0.970 bits per heavy atom. The Labute approximate surface area is 221 Å². The molecule has 3 rings (SSSR count). The molecular weight excluding hydrogens is 605 g/mol. The van der Waals surface area contributed by atoms with Crippen LogP contribution in [0.3, 0.4) is 0 Å². The van der Waals surface area contributed by atoms with Crippen LogP contribution in [0.2, 0.25) is 25.1 Å². The number of rotatable bonds is 5. The molecule has 0 radical (unpaired) electrons. The normalized spacial score (nSPS) is 13.8. The summed E-state index contributed by atoms with van der Waals surface area (Å²) >= 11 is 33.5. The first-order valence-electron chi connectivity index (χ1n) is 9.03. The molecule has 2 aromatic rings. The summed E-state index contributed by atoms with van der Waals surface area (Å²) in [5, 5.41) is 2.08. The van der Waals surface area contributed by atoms with E-state index in [9.17, 15) is 19.2 Å². The molecule has 0 spiro atoms. The van der Waals surface area contributed by atoms with Crippen molar-refractivity contribution in [3.8, 4) is 0 Å². The number of fused-ring (bicyclic) bond motifs is 1. The Hall–Kier alpha value is -1.55. The van der Waals surface area contributed by atoms with Gasteiger partial charge in [0.05, 0.1) is 36.2 Å². The minimum atomic E-state index is -1.39. The molecule has 7 nitrogen and oxygen atoms in total. The van der Waals surface area contributed by atoms with E-state index in [1.165, 1.54) is 6.92 Å². The number of carbonyl (C=O) groups is 4. The predicted octanol–water partition coefficient (Wildman–Crippen LogP) is 6.19. The van der Waals surface area contributed by atoms with Gasteiger partial charge in [0, 0.05) is 10.2 Å². The summed E-state index contributed by atoms with van der Waals surface area (Å²) in [4.78, 5) is 51.0. The van der Waals surface area contributed by atoms with Crippen molar-refractivity contribution in [3.63, 3.8) is 0 Å². The van der Waals surface area contributed by atoms with Crippen LogP contribution >= 0.6 is 73.9 Å². The Balaban J connectivity index is 1.72. The first kappa shape index (κ1) is 26.1. The molecule has 1 atom stereocenters. The van der Waals surface area contributed by atoms with E-state index in [-0.39, 0.29) is 31.2 Å². The Kier molecular flexibility index (Phi) is 7.88. The van der Waals surface area contributed by atoms with Gasteiger partial charge in [0.2, 0.25) is 0 Å². The van der Waals surface area contributed by atoms with Gasteiger partial charge in [-0.15, -0.1) is 0 Å². The molecule has 0 saturated heterocycles. The first-order valence-corrected chi connectivity index (χ1v) is 11.7. The zero-order chi connectivity index (χ0) is 24.8. The molecule has 0 fully saturated rings. The maximum atomic E-state index is 12.8. The molecule has 0 aliphatic carbocycles. The van der Waals surface area contributed by atoms with Gasteiger partial charge < -0.3 is 10.1 Å². The van der Waals surface area contributed by atoms with Gasteiger partial charge in [-0.3, -0.25) is 19.3 Å². The van der Waals surface area contributed by atoms with Crippen LogP contribution in [-0.2, 0) is 14.3 Å². The number of benzene rings is 2. The number of anilines is 1. The largest absolute Gasteiger partial charge is 0.454 e. The van der Waals surface area contributed by atoms with Crippen LogP contribution in [0.4, 0.5) is 5.69 Å². The number of imide groups is 1. The van der Waals surface area contributed by atoms with Crippen molar-refractivity contribution < 1.29 is 23.9 Å². The van der Waals surface area contributed by atoms with Crippen molar-refractivity contribution >= 4 is 103 Å². The number of hydrogen-bond donors (Lipinski definition) is 1. The predicted molar refractivity (Wildman–Crippen MR) is 130 cm³/mol. The number of halogens is 6. The van der Waals surface area contributed by atoms with E-state index in [0.29, 0.717) is 25.6 Å². The number of esters is 1. The summed E-state index contributed by atoms with van der Waals surface area (Å²) in [6.45, 7) is 2.29. The highest BCUT2D eigenvalue weighted by molar-refractivity contribution is 9.10. The number of amides is 3. The fraction of sp³-hybridized carbons (Fsp3) is 0.200. The molecule has 1 aliphatic rings. The third-order valence-corrected chi connectivity index (χ3v) is 8.00. The lowest BCUT2D eigenvalue weighted by Crippen LogP contribution is -2.44. The van der Waals surface area contributed by atoms with E-state index in [1.54, 1.807) is 19.1 Å². The smallest absolute Gasteiger partial charge is 0.329 e. The number of nitrogens with one attached hydrogen (secondary N) is 1. The third kappa shape index (κ3) is 4.70. The summed E-state index contributed by atoms with van der Waals surface area (Å²) in [6, 6.07) is 1.88. The molecule has 33 heavy (non-hydrogen) atoms. The second-order valence-electron chi connectivity index (χ2n) is 6.85. The molecule has 0 bridgehead atoms. The molecule has 3 amide bonds. The van der Waals surface area contributed by atoms with Crippen LogP contribution < -0.4 is 5.32 Å². The fourth-order valence-electron chi connectivity index (χ4n) is 3.05. The van der Waals surface area contributed by atoms with Gasteiger partial charge in [0.15, 0.2) is 6.61 Å². The van der Waals surface area contributed by atoms with Crippen LogP contribution in [0.15, 0.2) is 16.6 Å². The average Bonchev–Trinajstić information content (AvgIpc) is 3.04. The topological polar surface area (TPSA) is 92.8 Å². The molecule has 174 valence electrons. The lowest BCUT2D eigenvalue weighted by atomic mass is 10.1. The molecule has 1 N–H and O–H groups in total. The van der Waals surface area contributed by atoms with Gasteiger partial charge in [0.1, 0.15) is 6.04 Å². The minimum absolute atomic E-state index is 0.194. The van der Waals surface area contributed by atoms with Crippen molar-refractivity contribution in [1.29, 1.82) is 0 Å². The molecule has 0 unspecified atom stereocenters. The highest BCUT2D eigenvalue weighted by atomic mass is 79.9. The second kappa shape index (κ2) is 9.98. The Bertz CT molecular complexity index is 1190. The summed E-state index contributed by atoms with van der Waals surface area (Å²) in [7, 11) is 0. The first-order chi connectivity index (χ1) is 15.4. The zero-order valence-corrected chi connectivity index (χ0v) is 22.1. The molecule has 1 aliphatic heterocycles. The van der Waals surface area contributed by atoms with Gasteiger partial charge in [0.25, 0.3) is 17.7 Å². The van der Waals surface area contributed by atoms with E-state index < -0.39 is 36.3 Å². The highest BCUT2D eigenvalue weighted by Crippen LogP contribution is 2.45. The van der Waals surface area contributed by atoms with Gasteiger partial charge in [-0.05, 0) is 47.5 Å². The van der Waals surface area contributed by atoms with Gasteiger partial charge >= 0.3 is 5.97 Å². The minimum Gasteiger partial charge on any atom is -0.454 e. The van der Waals surface area contributed by atoms with Crippen molar-refractivity contribution in [2.75, 3.05) is 11.9 Å². The average molecular weight is 617 g/mol. The van der Waals surface area contributed by atoms with Crippen LogP contribution in [0.5, 0.6) is 0 Å². The monoisotopic (exact) mass is 614 g/mol. The summed E-state index contributed by atoms with van der Waals surface area (Å²) < 4.78 is 5.65. The SMILES string of the molecule is Cc1c(NC(=O)COC(=O)[C@H](C)N2C(=O)c3c(Cl)c(Cl)c(Cl)c(Cl)c3C2=O)ccc(Br)c1Cl. The van der Waals surface area contributed by atoms with Crippen LogP contribution in [0, 0.1) is 6.92 Å². The van der Waals surface area contributed by atoms with E-state index in [1.807, 2.05) is 0 Å². The van der Waals surface area contributed by atoms with E-state index in [0.717, 1.165) is 0 Å². The summed E-state index contributed by atoms with van der Waals surface area (Å²) in [6.07, 6.45) is 0. The van der Waals surface area contributed by atoms with Crippen molar-refractivity contribution in [3.05, 3.63) is 58.4 Å². The van der Waals surface area contributed by atoms with E-state index in [2.05, 4.69) is 21.2 Å². The standard InChI is InChI=1S/C20H12BrCl5N2O5/c1-6-9(4-3-8(21)13(6)22)27-10(29)5-33-20(32)7(2)28-18(30)11-12(19(28)31)15(24)17(26)16(25)14(11)23/h3-4,7H,5H2,1-2H3,(H,27,29)/t7-/m0/s1. The summed E-state index contributed by atoms with van der Waals surface area (Å²) in [5.74, 6) is -3.44. The van der Waals surface area contributed by atoms with Gasteiger partial charge in [-0.2, -0.15) is 0 Å². The quantitative estimate of drug-likeness (QED) is 0.187. The van der Waals surface area contributed by atoms with Crippen molar-refractivity contribution in [2.24, 2.45) is 0 Å². The van der Waals surface area contributed by atoms with Crippen molar-refractivity contribution in [2.45, 2.75) is 19.9 Å². The van der Waals surface area contributed by atoms with Crippen LogP contribution in [-0.4, -0.2) is 41.2 Å². The third-order valence-electron chi connectivity index (χ3n) is 4.82. The fourth-order valence-corrected chi connectivity index (χ4v) is 4.66. The highest BCUT2D eigenvalue weighted by Gasteiger charge is 2.45. The maximum absolute atomic E-state index is 12.8. The van der Waals surface area contributed by atoms with Crippen LogP contribution in [0.1, 0.15) is 33.2 Å². The number of hydrogen-bond acceptors (Lipinski definition) is 5.